The molecule has 1 aromatic heterocycles. The van der Waals surface area contributed by atoms with E-state index in [4.69, 9.17) is 10.2 Å². The Balaban J connectivity index is 2.08. The lowest BCUT2D eigenvalue weighted by molar-refractivity contribution is -0.137. The summed E-state index contributed by atoms with van der Waals surface area (Å²) in [7, 11) is -3.61. The minimum absolute atomic E-state index is 0.0215. The number of hydrogen-bond donors (Lipinski definition) is 2. The second-order valence-corrected chi connectivity index (χ2v) is 6.72. The number of aryl methyl sites for hydroxylation is 1. The topological polar surface area (TPSA) is 113 Å². The van der Waals surface area contributed by atoms with E-state index in [1.807, 2.05) is 0 Å². The summed E-state index contributed by atoms with van der Waals surface area (Å²) < 4.78 is 27.3. The number of nitrogens with zero attached hydrogens (tertiary/aromatic N) is 3. The van der Waals surface area contributed by atoms with Gasteiger partial charge in [-0.1, -0.05) is 0 Å². The monoisotopic (exact) mass is 303 g/mol. The summed E-state index contributed by atoms with van der Waals surface area (Å²) in [5.74, 6) is -0.984. The van der Waals surface area contributed by atoms with E-state index in [1.54, 1.807) is 0 Å². The number of aromatic nitrogens is 2. The number of aliphatic carboxylic acids is 1. The second-order valence-electron chi connectivity index (χ2n) is 4.78. The summed E-state index contributed by atoms with van der Waals surface area (Å²) >= 11 is 0. The van der Waals surface area contributed by atoms with E-state index >= 15 is 0 Å². The molecule has 0 aliphatic carbocycles. The Morgan fingerprint density at radius 3 is 2.85 bits per heavy atom. The van der Waals surface area contributed by atoms with Gasteiger partial charge < -0.3 is 10.2 Å². The number of hydrogen-bond acceptors (Lipinski definition) is 5. The summed E-state index contributed by atoms with van der Waals surface area (Å²) in [5, 5.41) is 21.5. The molecule has 1 atom stereocenters. The Morgan fingerprint density at radius 1 is 1.50 bits per heavy atom. The zero-order chi connectivity index (χ0) is 14.8. The fraction of sp³-hybridized carbons (Fsp3) is 0.636. The van der Waals surface area contributed by atoms with E-state index in [0.29, 0.717) is 19.5 Å². The van der Waals surface area contributed by atoms with Gasteiger partial charge in [0.05, 0.1) is 19.2 Å². The van der Waals surface area contributed by atoms with Crippen molar-refractivity contribution in [2.24, 2.45) is 5.92 Å². The SMILES string of the molecule is O=C(O)CCn1cc(S(=O)(=O)N2CCC(CO)C2)cn1. The number of carboxylic acid groups (broad SMARTS) is 1. The van der Waals surface area contributed by atoms with Crippen molar-refractivity contribution in [3.05, 3.63) is 12.4 Å². The maximum Gasteiger partial charge on any atom is 0.305 e. The molecule has 8 nitrogen and oxygen atoms in total. The number of aliphatic hydroxyl groups excluding tert-OH is 1. The maximum atomic E-state index is 12.3. The van der Waals surface area contributed by atoms with Crippen LogP contribution >= 0.6 is 0 Å². The van der Waals surface area contributed by atoms with E-state index < -0.39 is 16.0 Å². The van der Waals surface area contributed by atoms with E-state index in [9.17, 15) is 13.2 Å². The molecular weight excluding hydrogens is 286 g/mol. The first-order valence-corrected chi connectivity index (χ1v) is 7.72. The van der Waals surface area contributed by atoms with Gasteiger partial charge in [0, 0.05) is 25.9 Å². The fourth-order valence-electron chi connectivity index (χ4n) is 2.12. The van der Waals surface area contributed by atoms with Gasteiger partial charge in [-0.2, -0.15) is 9.40 Å². The predicted octanol–water partition coefficient (Wildman–Crippen LogP) is -0.639. The van der Waals surface area contributed by atoms with Gasteiger partial charge in [-0.15, -0.1) is 0 Å². The molecule has 0 aromatic carbocycles. The minimum atomic E-state index is -3.61. The Bertz CT molecular complexity index is 583. The molecule has 1 aliphatic rings. The maximum absolute atomic E-state index is 12.3. The number of carbonyl (C=O) groups is 1. The third kappa shape index (κ3) is 3.17. The molecule has 1 aromatic rings. The normalized spacial score (nSPS) is 20.4. The molecule has 1 aliphatic heterocycles. The highest BCUT2D eigenvalue weighted by molar-refractivity contribution is 7.89. The summed E-state index contributed by atoms with van der Waals surface area (Å²) in [6.07, 6.45) is 3.09. The summed E-state index contributed by atoms with van der Waals surface area (Å²) in [6, 6.07) is 0. The van der Waals surface area contributed by atoms with Crippen molar-refractivity contribution in [1.29, 1.82) is 0 Å². The largest absolute Gasteiger partial charge is 0.481 e. The van der Waals surface area contributed by atoms with Crippen LogP contribution in [0.1, 0.15) is 12.8 Å². The van der Waals surface area contributed by atoms with Crippen LogP contribution in [0, 0.1) is 5.92 Å². The van der Waals surface area contributed by atoms with Crippen LogP contribution in [0.4, 0.5) is 0 Å². The highest BCUT2D eigenvalue weighted by atomic mass is 32.2. The number of sulfonamides is 1. The summed E-state index contributed by atoms with van der Waals surface area (Å²) in [5.41, 5.74) is 0. The van der Waals surface area contributed by atoms with Gasteiger partial charge in [-0.25, -0.2) is 8.42 Å². The standard InChI is InChI=1S/C11H17N3O5S/c15-8-9-1-4-14(6-9)20(18,19)10-5-12-13(7-10)3-2-11(16)17/h5,7,9,15H,1-4,6,8H2,(H,16,17). The van der Waals surface area contributed by atoms with Gasteiger partial charge in [0.15, 0.2) is 0 Å². The van der Waals surface area contributed by atoms with Gasteiger partial charge in [-0.05, 0) is 12.3 Å². The predicted molar refractivity (Wildman–Crippen MR) is 68.4 cm³/mol. The quantitative estimate of drug-likeness (QED) is 0.723. The van der Waals surface area contributed by atoms with Crippen LogP contribution in [0.25, 0.3) is 0 Å². The minimum Gasteiger partial charge on any atom is -0.481 e. The summed E-state index contributed by atoms with van der Waals surface area (Å²) in [6.45, 7) is 0.793. The Hall–Kier alpha value is -1.45. The highest BCUT2D eigenvalue weighted by Crippen LogP contribution is 2.23. The average molecular weight is 303 g/mol. The molecule has 0 saturated carbocycles. The van der Waals surface area contributed by atoms with Crippen molar-refractivity contribution < 1.29 is 23.4 Å². The van der Waals surface area contributed by atoms with Crippen molar-refractivity contribution >= 4 is 16.0 Å². The van der Waals surface area contributed by atoms with Crippen LogP contribution < -0.4 is 0 Å². The molecule has 0 amide bonds. The molecule has 0 radical (unpaired) electrons. The van der Waals surface area contributed by atoms with E-state index in [-0.39, 0.29) is 30.4 Å². The van der Waals surface area contributed by atoms with Crippen molar-refractivity contribution in [2.75, 3.05) is 19.7 Å². The second kappa shape index (κ2) is 5.90. The summed E-state index contributed by atoms with van der Waals surface area (Å²) in [4.78, 5) is 10.5. The molecule has 0 spiro atoms. The Morgan fingerprint density at radius 2 is 2.25 bits per heavy atom. The average Bonchev–Trinajstić information content (AvgIpc) is 3.05. The first-order chi connectivity index (χ1) is 9.43. The molecule has 1 saturated heterocycles. The zero-order valence-corrected chi connectivity index (χ0v) is 11.7. The van der Waals surface area contributed by atoms with Gasteiger partial charge in [-0.3, -0.25) is 9.48 Å². The van der Waals surface area contributed by atoms with Crippen molar-refractivity contribution in [1.82, 2.24) is 14.1 Å². The third-order valence-corrected chi connectivity index (χ3v) is 5.13. The highest BCUT2D eigenvalue weighted by Gasteiger charge is 2.32. The molecule has 2 heterocycles. The molecule has 9 heteroatoms. The Labute approximate surface area is 116 Å². The number of carboxylic acids is 1. The van der Waals surface area contributed by atoms with E-state index in [1.165, 1.54) is 21.4 Å². The van der Waals surface area contributed by atoms with Gasteiger partial charge >= 0.3 is 5.97 Å². The van der Waals surface area contributed by atoms with Gasteiger partial charge in [0.25, 0.3) is 0 Å². The van der Waals surface area contributed by atoms with E-state index in [2.05, 4.69) is 5.10 Å². The van der Waals surface area contributed by atoms with Crippen molar-refractivity contribution in [3.63, 3.8) is 0 Å². The van der Waals surface area contributed by atoms with Crippen LogP contribution in [-0.4, -0.2) is 58.4 Å². The lowest BCUT2D eigenvalue weighted by atomic mass is 10.1. The third-order valence-electron chi connectivity index (χ3n) is 3.31. The molecule has 0 bridgehead atoms. The Kier molecular flexibility index (Phi) is 4.41. The van der Waals surface area contributed by atoms with Crippen LogP contribution in [0.3, 0.4) is 0 Å². The molecule has 2 rings (SSSR count). The van der Waals surface area contributed by atoms with Crippen LogP contribution in [0.15, 0.2) is 17.3 Å². The zero-order valence-electron chi connectivity index (χ0n) is 10.8. The van der Waals surface area contributed by atoms with Crippen LogP contribution in [0.2, 0.25) is 0 Å². The van der Waals surface area contributed by atoms with E-state index in [0.717, 1.165) is 0 Å². The molecule has 112 valence electrons. The fourth-order valence-corrected chi connectivity index (χ4v) is 3.61. The van der Waals surface area contributed by atoms with Crippen LogP contribution in [0.5, 0.6) is 0 Å². The lowest BCUT2D eigenvalue weighted by Gasteiger charge is -2.14. The molecule has 2 N–H and O–H groups in total. The van der Waals surface area contributed by atoms with Crippen LogP contribution in [-0.2, 0) is 21.4 Å². The van der Waals surface area contributed by atoms with Gasteiger partial charge in [0.2, 0.25) is 10.0 Å². The molecule has 1 unspecified atom stereocenters. The van der Waals surface area contributed by atoms with Crippen molar-refractivity contribution in [2.45, 2.75) is 24.3 Å². The molecule has 20 heavy (non-hydrogen) atoms. The molecule has 1 fully saturated rings. The molecular formula is C11H17N3O5S. The first-order valence-electron chi connectivity index (χ1n) is 6.28. The first kappa shape index (κ1) is 14.9. The smallest absolute Gasteiger partial charge is 0.305 e. The number of rotatable bonds is 6. The van der Waals surface area contributed by atoms with Crippen molar-refractivity contribution in [3.8, 4) is 0 Å². The lowest BCUT2D eigenvalue weighted by Crippen LogP contribution is -2.29. The number of aliphatic hydroxyl groups is 1. The van der Waals surface area contributed by atoms with Gasteiger partial charge in [0.1, 0.15) is 4.90 Å².